The van der Waals surface area contributed by atoms with Crippen LogP contribution in [0.2, 0.25) is 0 Å². The van der Waals surface area contributed by atoms with Crippen LogP contribution < -0.4 is 0 Å². The summed E-state index contributed by atoms with van der Waals surface area (Å²) in [5.41, 5.74) is 3.04. The van der Waals surface area contributed by atoms with Crippen LogP contribution in [-0.4, -0.2) is 43.1 Å². The van der Waals surface area contributed by atoms with Crippen molar-refractivity contribution in [2.24, 2.45) is 0 Å². The molecule has 0 aliphatic carbocycles. The standard InChI is InChI=1S/C20H21NO5S/c1-3-13-4-6-15(11-18(13)27(2,25)26)19(22)21-9-8-14-5-7-16(20(23)24)10-17(14)12-21/h4-7,10-11H,3,8-9,12H2,1-2H3,(H,23,24). The first-order chi connectivity index (χ1) is 12.7. The molecule has 0 aromatic heterocycles. The van der Waals surface area contributed by atoms with E-state index in [9.17, 15) is 18.0 Å². The number of benzene rings is 2. The van der Waals surface area contributed by atoms with Crippen LogP contribution in [0.4, 0.5) is 0 Å². The molecule has 0 spiro atoms. The summed E-state index contributed by atoms with van der Waals surface area (Å²) in [4.78, 5) is 25.9. The smallest absolute Gasteiger partial charge is 0.335 e. The molecule has 1 amide bonds. The van der Waals surface area contributed by atoms with Crippen molar-refractivity contribution < 1.29 is 23.1 Å². The molecule has 0 atom stereocenters. The second-order valence-corrected chi connectivity index (χ2v) is 8.70. The molecule has 0 saturated heterocycles. The van der Waals surface area contributed by atoms with Gasteiger partial charge in [-0.15, -0.1) is 0 Å². The van der Waals surface area contributed by atoms with E-state index < -0.39 is 15.8 Å². The molecular formula is C20H21NO5S. The highest BCUT2D eigenvalue weighted by atomic mass is 32.2. The zero-order chi connectivity index (χ0) is 19.8. The van der Waals surface area contributed by atoms with Gasteiger partial charge in [0.2, 0.25) is 0 Å². The molecule has 7 heteroatoms. The second-order valence-electron chi connectivity index (χ2n) is 6.71. The van der Waals surface area contributed by atoms with Crippen LogP contribution in [0.15, 0.2) is 41.3 Å². The third-order valence-electron chi connectivity index (χ3n) is 4.85. The lowest BCUT2D eigenvalue weighted by molar-refractivity contribution is 0.0696. The normalized spacial score (nSPS) is 13.9. The van der Waals surface area contributed by atoms with Gasteiger partial charge >= 0.3 is 5.97 Å². The van der Waals surface area contributed by atoms with Gasteiger partial charge in [-0.2, -0.15) is 0 Å². The summed E-state index contributed by atoms with van der Waals surface area (Å²) in [5, 5.41) is 9.16. The lowest BCUT2D eigenvalue weighted by Crippen LogP contribution is -2.36. The van der Waals surface area contributed by atoms with Crippen molar-refractivity contribution in [2.45, 2.75) is 31.2 Å². The maximum Gasteiger partial charge on any atom is 0.335 e. The predicted octanol–water partition coefficient (Wildman–Crippen LogP) is 2.55. The number of carboxylic acid groups (broad SMARTS) is 1. The van der Waals surface area contributed by atoms with Crippen molar-refractivity contribution in [3.63, 3.8) is 0 Å². The topological polar surface area (TPSA) is 91.8 Å². The average molecular weight is 387 g/mol. The molecule has 0 bridgehead atoms. The Balaban J connectivity index is 1.91. The lowest BCUT2D eigenvalue weighted by Gasteiger charge is -2.29. The molecule has 1 aliphatic heterocycles. The minimum Gasteiger partial charge on any atom is -0.478 e. The zero-order valence-corrected chi connectivity index (χ0v) is 16.0. The van der Waals surface area contributed by atoms with Gasteiger partial charge in [0, 0.05) is 24.9 Å². The number of nitrogens with zero attached hydrogens (tertiary/aromatic N) is 1. The third-order valence-corrected chi connectivity index (χ3v) is 6.03. The Morgan fingerprint density at radius 1 is 1.07 bits per heavy atom. The number of hydrogen-bond donors (Lipinski definition) is 1. The maximum absolute atomic E-state index is 12.9. The Hall–Kier alpha value is -2.67. The van der Waals surface area contributed by atoms with E-state index in [0.29, 0.717) is 37.1 Å². The van der Waals surface area contributed by atoms with E-state index in [4.69, 9.17) is 5.11 Å². The highest BCUT2D eigenvalue weighted by Crippen LogP contribution is 2.24. The number of carbonyl (C=O) groups is 2. The summed E-state index contributed by atoms with van der Waals surface area (Å²) in [6.45, 7) is 2.67. The number of hydrogen-bond acceptors (Lipinski definition) is 4. The number of carbonyl (C=O) groups excluding carboxylic acids is 1. The fourth-order valence-electron chi connectivity index (χ4n) is 3.37. The van der Waals surface area contributed by atoms with Gasteiger partial charge in [-0.25, -0.2) is 13.2 Å². The van der Waals surface area contributed by atoms with Gasteiger partial charge in [-0.1, -0.05) is 19.1 Å². The monoisotopic (exact) mass is 387 g/mol. The van der Waals surface area contributed by atoms with E-state index >= 15 is 0 Å². The van der Waals surface area contributed by atoms with Gasteiger partial charge in [-0.05, 0) is 53.8 Å². The molecule has 1 N–H and O–H groups in total. The first-order valence-electron chi connectivity index (χ1n) is 8.68. The Morgan fingerprint density at radius 3 is 2.41 bits per heavy atom. The Kier molecular flexibility index (Phi) is 5.06. The zero-order valence-electron chi connectivity index (χ0n) is 15.2. The van der Waals surface area contributed by atoms with Crippen molar-refractivity contribution in [3.8, 4) is 0 Å². The van der Waals surface area contributed by atoms with Gasteiger partial charge in [0.15, 0.2) is 9.84 Å². The minimum atomic E-state index is -3.43. The van der Waals surface area contributed by atoms with E-state index in [-0.39, 0.29) is 16.4 Å². The first-order valence-corrected chi connectivity index (χ1v) is 10.6. The van der Waals surface area contributed by atoms with Gasteiger partial charge < -0.3 is 10.0 Å². The molecule has 1 heterocycles. The van der Waals surface area contributed by atoms with Crippen molar-refractivity contribution in [3.05, 3.63) is 64.2 Å². The largest absolute Gasteiger partial charge is 0.478 e. The number of amides is 1. The summed E-state index contributed by atoms with van der Waals surface area (Å²) in [5.74, 6) is -1.26. The molecule has 0 fully saturated rings. The molecule has 0 saturated carbocycles. The summed E-state index contributed by atoms with van der Waals surface area (Å²) in [6, 6.07) is 9.74. The molecule has 3 rings (SSSR count). The van der Waals surface area contributed by atoms with Gasteiger partial charge in [0.1, 0.15) is 0 Å². The molecule has 27 heavy (non-hydrogen) atoms. The molecule has 142 valence electrons. The van der Waals surface area contributed by atoms with Crippen LogP contribution in [0.1, 0.15) is 44.3 Å². The highest BCUT2D eigenvalue weighted by Gasteiger charge is 2.24. The number of carboxylic acids is 1. The van der Waals surface area contributed by atoms with E-state index in [1.54, 1.807) is 35.2 Å². The summed E-state index contributed by atoms with van der Waals surface area (Å²) >= 11 is 0. The molecule has 6 nitrogen and oxygen atoms in total. The van der Waals surface area contributed by atoms with Crippen LogP contribution in [0.25, 0.3) is 0 Å². The first kappa shape index (κ1) is 19.1. The van der Waals surface area contributed by atoms with Crippen LogP contribution in [0.3, 0.4) is 0 Å². The van der Waals surface area contributed by atoms with Crippen molar-refractivity contribution in [1.29, 1.82) is 0 Å². The van der Waals surface area contributed by atoms with E-state index in [1.807, 2.05) is 6.92 Å². The number of aryl methyl sites for hydroxylation is 1. The fourth-order valence-corrected chi connectivity index (χ4v) is 4.40. The van der Waals surface area contributed by atoms with E-state index in [2.05, 4.69) is 0 Å². The number of fused-ring (bicyclic) bond motifs is 1. The van der Waals surface area contributed by atoms with Gasteiger partial charge in [0.05, 0.1) is 10.5 Å². The third kappa shape index (κ3) is 3.88. The Bertz CT molecular complexity index is 1030. The van der Waals surface area contributed by atoms with Crippen LogP contribution in [0, 0.1) is 0 Å². The molecule has 2 aromatic carbocycles. The maximum atomic E-state index is 12.9. The lowest BCUT2D eigenvalue weighted by atomic mass is 9.96. The second kappa shape index (κ2) is 7.15. The van der Waals surface area contributed by atoms with Crippen molar-refractivity contribution in [1.82, 2.24) is 4.90 Å². The SMILES string of the molecule is CCc1ccc(C(=O)N2CCc3ccc(C(=O)O)cc3C2)cc1S(C)(=O)=O. The summed E-state index contributed by atoms with van der Waals surface area (Å²) < 4.78 is 24.1. The predicted molar refractivity (Wildman–Crippen MR) is 101 cm³/mol. The molecular weight excluding hydrogens is 366 g/mol. The average Bonchev–Trinajstić information content (AvgIpc) is 2.65. The van der Waals surface area contributed by atoms with Gasteiger partial charge in [0.25, 0.3) is 5.91 Å². The number of aromatic carboxylic acids is 1. The van der Waals surface area contributed by atoms with E-state index in [1.165, 1.54) is 6.07 Å². The summed E-state index contributed by atoms with van der Waals surface area (Å²) in [6.07, 6.45) is 2.33. The Labute approximate surface area is 158 Å². The number of rotatable bonds is 4. The van der Waals surface area contributed by atoms with Crippen molar-refractivity contribution in [2.75, 3.05) is 12.8 Å². The van der Waals surface area contributed by atoms with Crippen LogP contribution in [0.5, 0.6) is 0 Å². The number of sulfone groups is 1. The Morgan fingerprint density at radius 2 is 1.78 bits per heavy atom. The molecule has 2 aromatic rings. The van der Waals surface area contributed by atoms with E-state index in [0.717, 1.165) is 17.4 Å². The van der Waals surface area contributed by atoms with Gasteiger partial charge in [-0.3, -0.25) is 4.79 Å². The highest BCUT2D eigenvalue weighted by molar-refractivity contribution is 7.90. The van der Waals surface area contributed by atoms with Crippen LogP contribution in [-0.2, 0) is 29.2 Å². The van der Waals surface area contributed by atoms with Crippen LogP contribution >= 0.6 is 0 Å². The van der Waals surface area contributed by atoms with Crippen molar-refractivity contribution >= 4 is 21.7 Å². The fraction of sp³-hybridized carbons (Fsp3) is 0.300. The minimum absolute atomic E-state index is 0.182. The molecule has 0 radical (unpaired) electrons. The molecule has 1 aliphatic rings. The quantitative estimate of drug-likeness (QED) is 0.870. The summed E-state index contributed by atoms with van der Waals surface area (Å²) in [7, 11) is -3.43. The molecule has 0 unspecified atom stereocenters.